The summed E-state index contributed by atoms with van der Waals surface area (Å²) >= 11 is 0. The van der Waals surface area contributed by atoms with Crippen molar-refractivity contribution in [1.82, 2.24) is 10.2 Å². The molecule has 7 nitrogen and oxygen atoms in total. The van der Waals surface area contributed by atoms with Crippen LogP contribution in [-0.4, -0.2) is 62.6 Å². The van der Waals surface area contributed by atoms with Gasteiger partial charge in [-0.15, -0.1) is 0 Å². The van der Waals surface area contributed by atoms with Crippen molar-refractivity contribution in [3.05, 3.63) is 0 Å². The second-order valence-corrected chi connectivity index (χ2v) is 3.49. The lowest BCUT2D eigenvalue weighted by atomic mass is 10.3. The van der Waals surface area contributed by atoms with Crippen LogP contribution in [0.4, 0.5) is 0 Å². The van der Waals surface area contributed by atoms with Crippen molar-refractivity contribution in [3.8, 4) is 0 Å². The molecule has 1 rings (SSSR count). The molecule has 1 saturated heterocycles. The predicted octanol–water partition coefficient (Wildman–Crippen LogP) is -1.48. The minimum Gasteiger partial charge on any atom is -0.462 e. The van der Waals surface area contributed by atoms with Gasteiger partial charge < -0.3 is 19.7 Å². The molecule has 0 aromatic rings. The van der Waals surface area contributed by atoms with Gasteiger partial charge in [0.15, 0.2) is 0 Å². The van der Waals surface area contributed by atoms with Crippen molar-refractivity contribution in [2.45, 2.75) is 6.42 Å². The van der Waals surface area contributed by atoms with Crippen LogP contribution in [0, 0.1) is 0 Å². The summed E-state index contributed by atoms with van der Waals surface area (Å²) in [6.07, 6.45) is 0.169. The Hall–Kier alpha value is -1.63. The van der Waals surface area contributed by atoms with Crippen LogP contribution in [0.3, 0.4) is 0 Å². The van der Waals surface area contributed by atoms with E-state index in [0.29, 0.717) is 26.3 Å². The first-order valence-corrected chi connectivity index (χ1v) is 5.37. The zero-order valence-electron chi connectivity index (χ0n) is 9.73. The van der Waals surface area contributed by atoms with Crippen molar-refractivity contribution in [1.29, 1.82) is 0 Å². The van der Waals surface area contributed by atoms with E-state index < -0.39 is 11.9 Å². The van der Waals surface area contributed by atoms with Gasteiger partial charge in [-0.05, 0) is 0 Å². The average Bonchev–Trinajstić information content (AvgIpc) is 2.38. The first-order chi connectivity index (χ1) is 8.15. The van der Waals surface area contributed by atoms with Crippen LogP contribution in [0.15, 0.2) is 0 Å². The van der Waals surface area contributed by atoms with Gasteiger partial charge in [0.2, 0.25) is 5.91 Å². The highest BCUT2D eigenvalue weighted by Crippen LogP contribution is 1.99. The fourth-order valence-corrected chi connectivity index (χ4v) is 1.42. The van der Waals surface area contributed by atoms with Crippen LogP contribution < -0.4 is 5.32 Å². The average molecular weight is 244 g/mol. The van der Waals surface area contributed by atoms with Crippen LogP contribution >= 0.6 is 0 Å². The lowest BCUT2D eigenvalue weighted by Gasteiger charge is -2.26. The van der Waals surface area contributed by atoms with Crippen molar-refractivity contribution in [3.63, 3.8) is 0 Å². The molecule has 1 aliphatic heterocycles. The van der Waals surface area contributed by atoms with Gasteiger partial charge >= 0.3 is 11.9 Å². The molecule has 0 saturated carbocycles. The lowest BCUT2D eigenvalue weighted by Crippen LogP contribution is -2.42. The summed E-state index contributed by atoms with van der Waals surface area (Å²) in [4.78, 5) is 35.0. The fraction of sp³-hybridized carbons (Fsp3) is 0.700. The number of carbonyl (C=O) groups excluding carboxylic acids is 3. The Labute approximate surface area is 99.0 Å². The summed E-state index contributed by atoms with van der Waals surface area (Å²) in [7, 11) is 1.13. The van der Waals surface area contributed by atoms with Crippen molar-refractivity contribution in [2.75, 3.05) is 40.0 Å². The van der Waals surface area contributed by atoms with Gasteiger partial charge in [0, 0.05) is 26.1 Å². The Morgan fingerprint density at radius 3 is 2.53 bits per heavy atom. The molecule has 7 heteroatoms. The summed E-state index contributed by atoms with van der Waals surface area (Å²) in [5.41, 5.74) is 0. The number of nitrogens with zero attached hydrogens (tertiary/aromatic N) is 1. The number of carbonyl (C=O) groups is 3. The van der Waals surface area contributed by atoms with Crippen LogP contribution in [0.2, 0.25) is 0 Å². The summed E-state index contributed by atoms with van der Waals surface area (Å²) in [6.45, 7) is 2.36. The SMILES string of the molecule is COC(=O)C(=O)NCCC(=O)N1CCOCC1. The zero-order chi connectivity index (χ0) is 12.7. The molecule has 2 amide bonds. The molecule has 1 heterocycles. The van der Waals surface area contributed by atoms with Crippen LogP contribution in [0.1, 0.15) is 6.42 Å². The molecule has 0 aromatic heterocycles. The maximum absolute atomic E-state index is 11.6. The predicted molar refractivity (Wildman–Crippen MR) is 57.0 cm³/mol. The van der Waals surface area contributed by atoms with Gasteiger partial charge in [-0.3, -0.25) is 9.59 Å². The fourth-order valence-electron chi connectivity index (χ4n) is 1.42. The smallest absolute Gasteiger partial charge is 0.396 e. The molecular formula is C10H16N2O5. The second-order valence-electron chi connectivity index (χ2n) is 3.49. The van der Waals surface area contributed by atoms with E-state index in [2.05, 4.69) is 10.1 Å². The molecule has 0 unspecified atom stereocenters. The van der Waals surface area contributed by atoms with Crippen molar-refractivity contribution < 1.29 is 23.9 Å². The summed E-state index contributed by atoms with van der Waals surface area (Å²) in [6, 6.07) is 0. The molecule has 1 aliphatic rings. The van der Waals surface area contributed by atoms with Crippen LogP contribution in [0.5, 0.6) is 0 Å². The van der Waals surface area contributed by atoms with E-state index in [1.54, 1.807) is 4.90 Å². The van der Waals surface area contributed by atoms with E-state index >= 15 is 0 Å². The number of hydrogen-bond acceptors (Lipinski definition) is 5. The van der Waals surface area contributed by atoms with Crippen LogP contribution in [0.25, 0.3) is 0 Å². The lowest BCUT2D eigenvalue weighted by molar-refractivity contribution is -0.152. The third-order valence-corrected chi connectivity index (χ3v) is 2.36. The Morgan fingerprint density at radius 2 is 1.94 bits per heavy atom. The van der Waals surface area contributed by atoms with E-state index in [4.69, 9.17) is 4.74 Å². The Morgan fingerprint density at radius 1 is 1.29 bits per heavy atom. The number of esters is 1. The Kier molecular flexibility index (Phi) is 5.41. The highest BCUT2D eigenvalue weighted by Gasteiger charge is 2.17. The second kappa shape index (κ2) is 6.85. The molecule has 0 aliphatic carbocycles. The molecule has 0 bridgehead atoms. The first kappa shape index (κ1) is 13.4. The van der Waals surface area contributed by atoms with E-state index in [1.807, 2.05) is 0 Å². The number of nitrogens with one attached hydrogen (secondary N) is 1. The maximum Gasteiger partial charge on any atom is 0.396 e. The highest BCUT2D eigenvalue weighted by atomic mass is 16.5. The summed E-state index contributed by atoms with van der Waals surface area (Å²) in [5.74, 6) is -1.84. The largest absolute Gasteiger partial charge is 0.462 e. The van der Waals surface area contributed by atoms with Gasteiger partial charge in [0.1, 0.15) is 0 Å². The topological polar surface area (TPSA) is 84.9 Å². The number of amides is 2. The normalized spacial score (nSPS) is 15.2. The van der Waals surface area contributed by atoms with Gasteiger partial charge in [-0.2, -0.15) is 0 Å². The number of rotatable bonds is 3. The van der Waals surface area contributed by atoms with Gasteiger partial charge in [0.25, 0.3) is 0 Å². The number of methoxy groups -OCH3 is 1. The maximum atomic E-state index is 11.6. The molecule has 17 heavy (non-hydrogen) atoms. The highest BCUT2D eigenvalue weighted by molar-refractivity contribution is 6.32. The van der Waals surface area contributed by atoms with E-state index in [9.17, 15) is 14.4 Å². The van der Waals surface area contributed by atoms with Gasteiger partial charge in [-0.25, -0.2) is 4.79 Å². The number of morpholine rings is 1. The summed E-state index contributed by atoms with van der Waals surface area (Å²) < 4.78 is 9.34. The quantitative estimate of drug-likeness (QED) is 0.483. The molecule has 0 atom stereocenters. The number of hydrogen-bond donors (Lipinski definition) is 1. The monoisotopic (exact) mass is 244 g/mol. The van der Waals surface area contributed by atoms with Crippen molar-refractivity contribution >= 4 is 17.8 Å². The molecular weight excluding hydrogens is 228 g/mol. The van der Waals surface area contributed by atoms with Gasteiger partial charge in [-0.1, -0.05) is 0 Å². The van der Waals surface area contributed by atoms with E-state index in [-0.39, 0.29) is 18.9 Å². The van der Waals surface area contributed by atoms with E-state index in [1.165, 1.54) is 0 Å². The molecule has 96 valence electrons. The first-order valence-electron chi connectivity index (χ1n) is 5.37. The molecule has 1 fully saturated rings. The third kappa shape index (κ3) is 4.39. The molecule has 0 spiro atoms. The number of ether oxygens (including phenoxy) is 2. The summed E-state index contributed by atoms with van der Waals surface area (Å²) in [5, 5.41) is 2.31. The molecule has 0 aromatic carbocycles. The molecule has 1 N–H and O–H groups in total. The zero-order valence-corrected chi connectivity index (χ0v) is 9.73. The Balaban J connectivity index is 2.19. The minimum atomic E-state index is -0.955. The standard InChI is InChI=1S/C10H16N2O5/c1-16-10(15)9(14)11-3-2-8(13)12-4-6-17-7-5-12/h2-7H2,1H3,(H,11,14). The van der Waals surface area contributed by atoms with E-state index in [0.717, 1.165) is 7.11 Å². The van der Waals surface area contributed by atoms with Gasteiger partial charge in [0.05, 0.1) is 20.3 Å². The Bertz CT molecular complexity index is 299. The van der Waals surface area contributed by atoms with Crippen LogP contribution in [-0.2, 0) is 23.9 Å². The van der Waals surface area contributed by atoms with Crippen molar-refractivity contribution in [2.24, 2.45) is 0 Å². The minimum absolute atomic E-state index is 0.0570. The third-order valence-electron chi connectivity index (χ3n) is 2.36. The molecule has 0 radical (unpaired) electrons.